The van der Waals surface area contributed by atoms with Crippen molar-refractivity contribution in [2.24, 2.45) is 5.92 Å². The van der Waals surface area contributed by atoms with Gasteiger partial charge in [-0.1, -0.05) is 19.3 Å². The van der Waals surface area contributed by atoms with Crippen LogP contribution in [0.4, 0.5) is 0 Å². The van der Waals surface area contributed by atoms with Crippen molar-refractivity contribution in [1.29, 1.82) is 0 Å². The Hall–Kier alpha value is -0.610. The molecule has 2 N–H and O–H groups in total. The molecule has 0 amide bonds. The second kappa shape index (κ2) is 4.94. The molecule has 0 aromatic heterocycles. The van der Waals surface area contributed by atoms with Crippen LogP contribution < -0.4 is 5.32 Å². The number of carbonyl (C=O) groups excluding carboxylic acids is 1. The number of hydrogen-bond acceptors (Lipinski definition) is 4. The first-order valence-corrected chi connectivity index (χ1v) is 5.84. The molecule has 2 rings (SSSR count). The van der Waals surface area contributed by atoms with Crippen LogP contribution in [0.15, 0.2) is 0 Å². The van der Waals surface area contributed by atoms with Crippen LogP contribution in [0.25, 0.3) is 0 Å². The van der Waals surface area contributed by atoms with E-state index in [4.69, 9.17) is 4.74 Å². The highest BCUT2D eigenvalue weighted by Crippen LogP contribution is 2.29. The first-order valence-electron chi connectivity index (χ1n) is 5.84. The zero-order valence-electron chi connectivity index (χ0n) is 8.95. The summed E-state index contributed by atoms with van der Waals surface area (Å²) in [6, 6.07) is -0.290. The predicted molar refractivity (Wildman–Crippen MR) is 55.3 cm³/mol. The Kier molecular flexibility index (Phi) is 3.59. The summed E-state index contributed by atoms with van der Waals surface area (Å²) in [5.41, 5.74) is 0. The van der Waals surface area contributed by atoms with Gasteiger partial charge >= 0.3 is 5.97 Å². The third-order valence-electron chi connectivity index (χ3n) is 3.39. The molecule has 1 saturated heterocycles. The van der Waals surface area contributed by atoms with E-state index in [9.17, 15) is 9.90 Å². The van der Waals surface area contributed by atoms with Gasteiger partial charge in [-0.3, -0.25) is 4.79 Å². The SMILES string of the molecule is O=C(OCCC1CCC1)[C@@H]1CC(O)CN1. The Balaban J connectivity index is 1.59. The molecule has 0 spiro atoms. The number of aliphatic hydroxyl groups excluding tert-OH is 1. The lowest BCUT2D eigenvalue weighted by molar-refractivity contribution is -0.146. The minimum absolute atomic E-state index is 0.203. The van der Waals surface area contributed by atoms with Gasteiger partial charge < -0.3 is 15.2 Å². The Bertz CT molecular complexity index is 228. The standard InChI is InChI=1S/C11H19NO3/c13-9-6-10(12-7-9)11(14)15-5-4-8-2-1-3-8/h8-10,12-13H,1-7H2/t9?,10-/m0/s1. The zero-order valence-corrected chi connectivity index (χ0v) is 8.95. The fourth-order valence-electron chi connectivity index (χ4n) is 2.10. The van der Waals surface area contributed by atoms with Crippen LogP contribution >= 0.6 is 0 Å². The summed E-state index contributed by atoms with van der Waals surface area (Å²) in [4.78, 5) is 11.5. The normalized spacial score (nSPS) is 31.3. The summed E-state index contributed by atoms with van der Waals surface area (Å²) in [6.45, 7) is 1.04. The quantitative estimate of drug-likeness (QED) is 0.665. The van der Waals surface area contributed by atoms with Gasteiger partial charge in [0.15, 0.2) is 0 Å². The number of β-amino-alcohol motifs (C(OH)–C–C–N with tert-alkyl or cyclic N) is 1. The minimum Gasteiger partial charge on any atom is -0.465 e. The highest BCUT2D eigenvalue weighted by atomic mass is 16.5. The van der Waals surface area contributed by atoms with Crippen molar-refractivity contribution in [2.45, 2.75) is 44.2 Å². The van der Waals surface area contributed by atoms with E-state index in [1.54, 1.807) is 0 Å². The van der Waals surface area contributed by atoms with Crippen molar-refractivity contribution < 1.29 is 14.6 Å². The van der Waals surface area contributed by atoms with E-state index in [0.29, 0.717) is 19.6 Å². The number of rotatable bonds is 4. The van der Waals surface area contributed by atoms with Crippen LogP contribution in [-0.2, 0) is 9.53 Å². The van der Waals surface area contributed by atoms with Crippen molar-refractivity contribution in [3.8, 4) is 0 Å². The van der Waals surface area contributed by atoms with Crippen LogP contribution in [0.2, 0.25) is 0 Å². The molecule has 2 aliphatic rings. The molecule has 1 aliphatic heterocycles. The van der Waals surface area contributed by atoms with Crippen molar-refractivity contribution >= 4 is 5.97 Å². The molecule has 2 atom stereocenters. The number of hydrogen-bond donors (Lipinski definition) is 2. The third-order valence-corrected chi connectivity index (χ3v) is 3.39. The number of nitrogens with one attached hydrogen (secondary N) is 1. The lowest BCUT2D eigenvalue weighted by atomic mass is 9.83. The molecule has 2 fully saturated rings. The molecule has 0 bridgehead atoms. The van der Waals surface area contributed by atoms with Crippen molar-refractivity contribution in [1.82, 2.24) is 5.32 Å². The fourth-order valence-corrected chi connectivity index (χ4v) is 2.10. The van der Waals surface area contributed by atoms with Crippen molar-refractivity contribution in [2.75, 3.05) is 13.2 Å². The summed E-state index contributed by atoms with van der Waals surface area (Å²) in [7, 11) is 0. The number of esters is 1. The van der Waals surface area contributed by atoms with E-state index >= 15 is 0 Å². The molecule has 0 aromatic carbocycles. The van der Waals surface area contributed by atoms with Gasteiger partial charge in [-0.05, 0) is 12.3 Å². The molecule has 4 heteroatoms. The van der Waals surface area contributed by atoms with E-state index in [-0.39, 0.29) is 12.0 Å². The Morgan fingerprint density at radius 2 is 2.27 bits per heavy atom. The fraction of sp³-hybridized carbons (Fsp3) is 0.909. The third kappa shape index (κ3) is 2.92. The molecule has 15 heavy (non-hydrogen) atoms. The topological polar surface area (TPSA) is 58.6 Å². The van der Waals surface area contributed by atoms with Gasteiger partial charge in [0.05, 0.1) is 12.7 Å². The predicted octanol–water partition coefficient (Wildman–Crippen LogP) is 0.443. The van der Waals surface area contributed by atoms with Gasteiger partial charge in [-0.25, -0.2) is 0 Å². The average molecular weight is 213 g/mol. The largest absolute Gasteiger partial charge is 0.465 e. The Morgan fingerprint density at radius 1 is 1.47 bits per heavy atom. The van der Waals surface area contributed by atoms with Gasteiger partial charge in [0, 0.05) is 13.0 Å². The minimum atomic E-state index is -0.394. The van der Waals surface area contributed by atoms with E-state index in [1.165, 1.54) is 19.3 Å². The Morgan fingerprint density at radius 3 is 2.80 bits per heavy atom. The van der Waals surface area contributed by atoms with E-state index in [2.05, 4.69) is 5.32 Å². The van der Waals surface area contributed by atoms with Crippen LogP contribution in [0.1, 0.15) is 32.1 Å². The summed E-state index contributed by atoms with van der Waals surface area (Å²) in [5.74, 6) is 0.575. The lowest BCUT2D eigenvalue weighted by Crippen LogP contribution is -2.32. The Labute approximate surface area is 90.0 Å². The van der Waals surface area contributed by atoms with Crippen LogP contribution in [0.5, 0.6) is 0 Å². The van der Waals surface area contributed by atoms with Gasteiger partial charge in [0.25, 0.3) is 0 Å². The highest BCUT2D eigenvalue weighted by molar-refractivity contribution is 5.76. The lowest BCUT2D eigenvalue weighted by Gasteiger charge is -2.25. The van der Waals surface area contributed by atoms with Crippen molar-refractivity contribution in [3.05, 3.63) is 0 Å². The van der Waals surface area contributed by atoms with E-state index in [1.807, 2.05) is 0 Å². The molecule has 86 valence electrons. The molecule has 4 nitrogen and oxygen atoms in total. The van der Waals surface area contributed by atoms with Gasteiger partial charge in [-0.2, -0.15) is 0 Å². The first kappa shape index (κ1) is 10.9. The molecule has 1 heterocycles. The summed E-state index contributed by atoms with van der Waals surface area (Å²) >= 11 is 0. The summed E-state index contributed by atoms with van der Waals surface area (Å²) in [5, 5.41) is 12.2. The maximum Gasteiger partial charge on any atom is 0.323 e. The van der Waals surface area contributed by atoms with Gasteiger partial charge in [0.1, 0.15) is 6.04 Å². The second-order valence-corrected chi connectivity index (χ2v) is 4.60. The number of carbonyl (C=O) groups is 1. The molecule has 1 saturated carbocycles. The van der Waals surface area contributed by atoms with Crippen LogP contribution in [-0.4, -0.2) is 36.4 Å². The van der Waals surface area contributed by atoms with E-state index < -0.39 is 6.10 Å². The average Bonchev–Trinajstić information content (AvgIpc) is 2.56. The van der Waals surface area contributed by atoms with Gasteiger partial charge in [-0.15, -0.1) is 0 Å². The smallest absolute Gasteiger partial charge is 0.323 e. The molecule has 1 unspecified atom stereocenters. The summed E-state index contributed by atoms with van der Waals surface area (Å²) < 4.78 is 5.17. The zero-order chi connectivity index (χ0) is 10.7. The van der Waals surface area contributed by atoms with Gasteiger partial charge in [0.2, 0.25) is 0 Å². The maximum atomic E-state index is 11.5. The van der Waals surface area contributed by atoms with Crippen LogP contribution in [0.3, 0.4) is 0 Å². The summed E-state index contributed by atoms with van der Waals surface area (Å²) in [6.07, 6.45) is 5.00. The van der Waals surface area contributed by atoms with Crippen molar-refractivity contribution in [3.63, 3.8) is 0 Å². The second-order valence-electron chi connectivity index (χ2n) is 4.60. The molecule has 0 aromatic rings. The molecular formula is C11H19NO3. The molecular weight excluding hydrogens is 194 g/mol. The monoisotopic (exact) mass is 213 g/mol. The molecule has 0 radical (unpaired) electrons. The van der Waals surface area contributed by atoms with E-state index in [0.717, 1.165) is 12.3 Å². The maximum absolute atomic E-state index is 11.5. The number of ether oxygens (including phenoxy) is 1. The number of aliphatic hydroxyl groups is 1. The highest BCUT2D eigenvalue weighted by Gasteiger charge is 2.29. The molecule has 1 aliphatic carbocycles. The van der Waals surface area contributed by atoms with Crippen LogP contribution in [0, 0.1) is 5.92 Å². The first-order chi connectivity index (χ1) is 7.25.